The van der Waals surface area contributed by atoms with E-state index in [-0.39, 0.29) is 5.91 Å². The normalized spacial score (nSPS) is 16.1. The smallest absolute Gasteiger partial charge is 0.264 e. The van der Waals surface area contributed by atoms with Crippen molar-refractivity contribution in [3.8, 4) is 17.1 Å². The second-order valence-electron chi connectivity index (χ2n) is 6.33. The summed E-state index contributed by atoms with van der Waals surface area (Å²) in [5.41, 5.74) is 7.16. The lowest BCUT2D eigenvalue weighted by molar-refractivity contribution is -0.115. The summed E-state index contributed by atoms with van der Waals surface area (Å²) < 4.78 is 11.0. The van der Waals surface area contributed by atoms with Crippen molar-refractivity contribution in [1.82, 2.24) is 5.32 Å². The van der Waals surface area contributed by atoms with Gasteiger partial charge in [0.2, 0.25) is 5.91 Å². The van der Waals surface area contributed by atoms with Crippen LogP contribution in [0, 0.1) is 0 Å². The first-order chi connectivity index (χ1) is 14.5. The summed E-state index contributed by atoms with van der Waals surface area (Å²) >= 11 is 1.23. The molecule has 0 unspecified atom stereocenters. The number of amides is 2. The van der Waals surface area contributed by atoms with Crippen LogP contribution in [0.15, 0.2) is 75.0 Å². The minimum Gasteiger partial charge on any atom is -0.497 e. The van der Waals surface area contributed by atoms with Crippen molar-refractivity contribution in [3.05, 3.63) is 76.9 Å². The number of nitrogens with one attached hydrogen (secondary N) is 1. The van der Waals surface area contributed by atoms with Crippen LogP contribution in [0.3, 0.4) is 0 Å². The Labute approximate surface area is 176 Å². The number of furan rings is 1. The Kier molecular flexibility index (Phi) is 5.40. The van der Waals surface area contributed by atoms with E-state index >= 15 is 0 Å². The van der Waals surface area contributed by atoms with E-state index in [1.54, 1.807) is 55.7 Å². The van der Waals surface area contributed by atoms with Crippen LogP contribution in [-0.2, 0) is 4.79 Å². The molecule has 2 heterocycles. The molecule has 0 bridgehead atoms. The van der Waals surface area contributed by atoms with Crippen LogP contribution in [0.25, 0.3) is 17.4 Å². The lowest BCUT2D eigenvalue weighted by Crippen LogP contribution is -2.19. The molecule has 3 N–H and O–H groups in total. The molecule has 2 amide bonds. The monoisotopic (exact) mass is 419 g/mol. The van der Waals surface area contributed by atoms with E-state index in [0.717, 1.165) is 5.56 Å². The van der Waals surface area contributed by atoms with Crippen molar-refractivity contribution in [3.63, 3.8) is 0 Å². The van der Waals surface area contributed by atoms with Crippen molar-refractivity contribution in [2.24, 2.45) is 10.7 Å². The highest BCUT2D eigenvalue weighted by Gasteiger charge is 2.24. The predicted molar refractivity (Wildman–Crippen MR) is 116 cm³/mol. The molecular formula is C22H17N3O4S. The van der Waals surface area contributed by atoms with E-state index in [9.17, 15) is 9.59 Å². The van der Waals surface area contributed by atoms with Crippen LogP contribution in [0.2, 0.25) is 0 Å². The molecule has 1 saturated heterocycles. The Balaban J connectivity index is 1.52. The lowest BCUT2D eigenvalue weighted by Gasteiger charge is -2.00. The van der Waals surface area contributed by atoms with Crippen LogP contribution in [0.4, 0.5) is 5.69 Å². The topological polar surface area (TPSA) is 107 Å². The molecule has 7 nitrogen and oxygen atoms in total. The molecule has 1 fully saturated rings. The van der Waals surface area contributed by atoms with Crippen molar-refractivity contribution in [1.29, 1.82) is 0 Å². The van der Waals surface area contributed by atoms with Gasteiger partial charge in [0.05, 0.1) is 17.7 Å². The molecule has 4 rings (SSSR count). The van der Waals surface area contributed by atoms with E-state index in [1.807, 2.05) is 18.2 Å². The molecule has 0 atom stereocenters. The molecule has 150 valence electrons. The predicted octanol–water partition coefficient (Wildman–Crippen LogP) is 3.95. The van der Waals surface area contributed by atoms with Gasteiger partial charge in [0.1, 0.15) is 17.3 Å². The molecule has 1 aromatic heterocycles. The van der Waals surface area contributed by atoms with E-state index in [0.29, 0.717) is 38.6 Å². The third-order valence-corrected chi connectivity index (χ3v) is 5.20. The standard InChI is InChI=1S/C22H17N3O4S/c1-28-16-4-2-3-15(11-16)24-22-25-21(27)19(30-22)12-17-9-10-18(29-17)13-5-7-14(8-6-13)20(23)26/h2-12H,1H3,(H2,23,26)(H,24,25,27)/b19-12+. The molecule has 0 aliphatic carbocycles. The van der Waals surface area contributed by atoms with Crippen LogP contribution in [-0.4, -0.2) is 24.1 Å². The summed E-state index contributed by atoms with van der Waals surface area (Å²) in [5, 5.41) is 3.22. The van der Waals surface area contributed by atoms with Gasteiger partial charge < -0.3 is 20.2 Å². The average Bonchev–Trinajstić information content (AvgIpc) is 3.35. The second-order valence-corrected chi connectivity index (χ2v) is 7.36. The summed E-state index contributed by atoms with van der Waals surface area (Å²) in [7, 11) is 1.59. The van der Waals surface area contributed by atoms with Crippen molar-refractivity contribution in [2.75, 3.05) is 7.11 Å². The summed E-state index contributed by atoms with van der Waals surface area (Å²) in [6, 6.07) is 17.6. The first-order valence-electron chi connectivity index (χ1n) is 8.95. The van der Waals surface area contributed by atoms with Crippen LogP contribution >= 0.6 is 11.8 Å². The van der Waals surface area contributed by atoms with Gasteiger partial charge in [-0.2, -0.15) is 0 Å². The van der Waals surface area contributed by atoms with Gasteiger partial charge >= 0.3 is 0 Å². The third-order valence-electron chi connectivity index (χ3n) is 4.29. The lowest BCUT2D eigenvalue weighted by atomic mass is 10.1. The van der Waals surface area contributed by atoms with Gasteiger partial charge in [-0.15, -0.1) is 0 Å². The maximum absolute atomic E-state index is 12.3. The van der Waals surface area contributed by atoms with E-state index in [4.69, 9.17) is 14.9 Å². The number of hydrogen-bond acceptors (Lipinski definition) is 6. The Morgan fingerprint density at radius 3 is 2.70 bits per heavy atom. The average molecular weight is 419 g/mol. The Morgan fingerprint density at radius 1 is 1.17 bits per heavy atom. The molecule has 3 aromatic rings. The number of primary amides is 1. The van der Waals surface area contributed by atoms with Crippen molar-refractivity contribution >= 4 is 40.5 Å². The van der Waals surface area contributed by atoms with Gasteiger partial charge in [-0.25, -0.2) is 4.99 Å². The highest BCUT2D eigenvalue weighted by Crippen LogP contribution is 2.30. The fourth-order valence-electron chi connectivity index (χ4n) is 2.79. The summed E-state index contributed by atoms with van der Waals surface area (Å²) in [4.78, 5) is 28.4. The SMILES string of the molecule is COc1cccc(N=C2NC(=O)/C(=C\c3ccc(-c4ccc(C(N)=O)cc4)o3)S2)c1. The Hall–Kier alpha value is -3.78. The first-order valence-corrected chi connectivity index (χ1v) is 9.77. The molecule has 0 spiro atoms. The second kappa shape index (κ2) is 8.30. The number of methoxy groups -OCH3 is 1. The number of rotatable bonds is 5. The summed E-state index contributed by atoms with van der Waals surface area (Å²) in [6.07, 6.45) is 1.66. The zero-order valence-electron chi connectivity index (χ0n) is 15.9. The number of aliphatic imine (C=N–C) groups is 1. The highest BCUT2D eigenvalue weighted by atomic mass is 32.2. The van der Waals surface area contributed by atoms with Crippen LogP contribution in [0.5, 0.6) is 5.75 Å². The number of benzene rings is 2. The third kappa shape index (κ3) is 4.28. The van der Waals surface area contributed by atoms with Gasteiger partial charge in [-0.3, -0.25) is 9.59 Å². The van der Waals surface area contributed by atoms with Crippen LogP contribution in [0.1, 0.15) is 16.1 Å². The first kappa shape index (κ1) is 19.5. The Morgan fingerprint density at radius 2 is 1.97 bits per heavy atom. The number of carbonyl (C=O) groups is 2. The van der Waals surface area contributed by atoms with Crippen LogP contribution < -0.4 is 15.8 Å². The molecule has 0 radical (unpaired) electrons. The van der Waals surface area contributed by atoms with Gasteiger partial charge in [0.25, 0.3) is 5.91 Å². The maximum Gasteiger partial charge on any atom is 0.264 e. The summed E-state index contributed by atoms with van der Waals surface area (Å²) in [6.45, 7) is 0. The number of amidine groups is 1. The minimum absolute atomic E-state index is 0.245. The van der Waals surface area contributed by atoms with E-state index < -0.39 is 5.91 Å². The number of hydrogen-bond donors (Lipinski definition) is 2. The molecule has 1 aliphatic heterocycles. The summed E-state index contributed by atoms with van der Waals surface area (Å²) in [5.74, 6) is 1.11. The quantitative estimate of drug-likeness (QED) is 0.609. The Bertz CT molecular complexity index is 1180. The molecule has 0 saturated carbocycles. The fraction of sp³-hybridized carbons (Fsp3) is 0.0455. The molecule has 2 aromatic carbocycles. The zero-order valence-corrected chi connectivity index (χ0v) is 16.7. The number of ether oxygens (including phenoxy) is 1. The van der Waals surface area contributed by atoms with Crippen molar-refractivity contribution in [2.45, 2.75) is 0 Å². The van der Waals surface area contributed by atoms with Crippen molar-refractivity contribution < 1.29 is 18.7 Å². The molecule has 30 heavy (non-hydrogen) atoms. The van der Waals surface area contributed by atoms with Gasteiger partial charge in [0, 0.05) is 23.3 Å². The number of nitrogens with zero attached hydrogens (tertiary/aromatic N) is 1. The molecule has 1 aliphatic rings. The minimum atomic E-state index is -0.484. The van der Waals surface area contributed by atoms with Gasteiger partial charge in [0.15, 0.2) is 5.17 Å². The number of carbonyl (C=O) groups excluding carboxylic acids is 2. The highest BCUT2D eigenvalue weighted by molar-refractivity contribution is 8.18. The molecular weight excluding hydrogens is 402 g/mol. The van der Waals surface area contributed by atoms with E-state index in [2.05, 4.69) is 10.3 Å². The van der Waals surface area contributed by atoms with Gasteiger partial charge in [-0.05, 0) is 48.2 Å². The number of nitrogens with two attached hydrogens (primary N) is 1. The zero-order chi connectivity index (χ0) is 21.1. The maximum atomic E-state index is 12.3. The van der Waals surface area contributed by atoms with E-state index in [1.165, 1.54) is 11.8 Å². The number of thioether (sulfide) groups is 1. The van der Waals surface area contributed by atoms with Gasteiger partial charge in [-0.1, -0.05) is 18.2 Å². The largest absolute Gasteiger partial charge is 0.497 e. The molecule has 8 heteroatoms. The fourth-order valence-corrected chi connectivity index (χ4v) is 3.61.